The SMILES string of the molecule is O=C(CCNC(=O)c1ccccc1)Nc1ccc(F)c(S(=O)(=O)N2CCOCC2)c1. The topological polar surface area (TPSA) is 105 Å². The molecule has 0 atom stereocenters. The summed E-state index contributed by atoms with van der Waals surface area (Å²) in [7, 11) is -4.04. The fraction of sp³-hybridized carbons (Fsp3) is 0.300. The van der Waals surface area contributed by atoms with Gasteiger partial charge in [0.1, 0.15) is 10.7 Å². The molecule has 1 saturated heterocycles. The molecule has 3 rings (SSSR count). The van der Waals surface area contributed by atoms with E-state index in [4.69, 9.17) is 4.74 Å². The summed E-state index contributed by atoms with van der Waals surface area (Å²) in [6.45, 7) is 0.858. The number of anilines is 1. The van der Waals surface area contributed by atoms with Crippen LogP contribution in [0, 0.1) is 5.82 Å². The average molecular weight is 435 g/mol. The van der Waals surface area contributed by atoms with E-state index in [1.165, 1.54) is 6.07 Å². The molecule has 0 aromatic heterocycles. The summed E-state index contributed by atoms with van der Waals surface area (Å²) in [5, 5.41) is 5.16. The summed E-state index contributed by atoms with van der Waals surface area (Å²) in [5.74, 6) is -1.64. The smallest absolute Gasteiger partial charge is 0.251 e. The van der Waals surface area contributed by atoms with Crippen molar-refractivity contribution in [1.82, 2.24) is 9.62 Å². The van der Waals surface area contributed by atoms with E-state index in [2.05, 4.69) is 10.6 Å². The van der Waals surface area contributed by atoms with Gasteiger partial charge in [0.25, 0.3) is 5.91 Å². The molecule has 8 nitrogen and oxygen atoms in total. The summed E-state index contributed by atoms with van der Waals surface area (Å²) in [4.78, 5) is 23.6. The van der Waals surface area contributed by atoms with Gasteiger partial charge in [0.2, 0.25) is 15.9 Å². The third-order valence-corrected chi connectivity index (χ3v) is 6.39. The van der Waals surface area contributed by atoms with Crippen LogP contribution >= 0.6 is 0 Å². The number of nitrogens with zero attached hydrogens (tertiary/aromatic N) is 1. The molecule has 2 N–H and O–H groups in total. The highest BCUT2D eigenvalue weighted by molar-refractivity contribution is 7.89. The Morgan fingerprint density at radius 3 is 2.47 bits per heavy atom. The maximum Gasteiger partial charge on any atom is 0.251 e. The molecule has 0 saturated carbocycles. The van der Waals surface area contributed by atoms with E-state index in [0.29, 0.717) is 5.56 Å². The van der Waals surface area contributed by atoms with Crippen LogP contribution in [-0.2, 0) is 19.6 Å². The van der Waals surface area contributed by atoms with Gasteiger partial charge in [0, 0.05) is 37.3 Å². The molecular weight excluding hydrogens is 413 g/mol. The van der Waals surface area contributed by atoms with Crippen LogP contribution in [0.5, 0.6) is 0 Å². The Bertz CT molecular complexity index is 1010. The van der Waals surface area contributed by atoms with Crippen molar-refractivity contribution in [3.63, 3.8) is 0 Å². The first-order chi connectivity index (χ1) is 14.4. The number of hydrogen-bond acceptors (Lipinski definition) is 5. The molecule has 1 heterocycles. The minimum absolute atomic E-state index is 0.0263. The summed E-state index contributed by atoms with van der Waals surface area (Å²) in [5.41, 5.74) is 0.636. The van der Waals surface area contributed by atoms with Gasteiger partial charge in [-0.05, 0) is 30.3 Å². The lowest BCUT2D eigenvalue weighted by Crippen LogP contribution is -2.40. The first-order valence-electron chi connectivity index (χ1n) is 9.38. The standard InChI is InChI=1S/C20H22FN3O5S/c21-17-7-6-16(14-18(17)30(27,28)24-10-12-29-13-11-24)23-19(25)8-9-22-20(26)15-4-2-1-3-5-15/h1-7,14H,8-13H2,(H,22,26)(H,23,25). The number of morpholine rings is 1. The Balaban J connectivity index is 1.59. The zero-order chi connectivity index (χ0) is 21.6. The Morgan fingerprint density at radius 1 is 1.07 bits per heavy atom. The van der Waals surface area contributed by atoms with Gasteiger partial charge in [-0.1, -0.05) is 18.2 Å². The van der Waals surface area contributed by atoms with Crippen molar-refractivity contribution < 1.29 is 27.1 Å². The summed E-state index contributed by atoms with van der Waals surface area (Å²) >= 11 is 0. The third-order valence-electron chi connectivity index (χ3n) is 4.48. The predicted octanol–water partition coefficient (Wildman–Crippen LogP) is 1.61. The van der Waals surface area contributed by atoms with Crippen LogP contribution in [0.3, 0.4) is 0 Å². The van der Waals surface area contributed by atoms with Crippen molar-refractivity contribution in [3.05, 3.63) is 59.9 Å². The number of halogens is 1. The van der Waals surface area contributed by atoms with E-state index < -0.39 is 26.6 Å². The van der Waals surface area contributed by atoms with E-state index in [1.54, 1.807) is 30.3 Å². The largest absolute Gasteiger partial charge is 0.379 e. The number of carbonyl (C=O) groups excluding carboxylic acids is 2. The van der Waals surface area contributed by atoms with Gasteiger partial charge in [0.15, 0.2) is 0 Å². The summed E-state index contributed by atoms with van der Waals surface area (Å²) < 4.78 is 45.9. The van der Waals surface area contributed by atoms with Gasteiger partial charge >= 0.3 is 0 Å². The number of amides is 2. The van der Waals surface area contributed by atoms with Crippen LogP contribution < -0.4 is 10.6 Å². The third kappa shape index (κ3) is 5.41. The van der Waals surface area contributed by atoms with Crippen molar-refractivity contribution in [2.24, 2.45) is 0 Å². The Morgan fingerprint density at radius 2 is 1.77 bits per heavy atom. The van der Waals surface area contributed by atoms with Crippen LogP contribution in [0.2, 0.25) is 0 Å². The van der Waals surface area contributed by atoms with Crippen LogP contribution in [0.15, 0.2) is 53.4 Å². The molecule has 0 spiro atoms. The molecule has 1 aliphatic rings. The van der Waals surface area contributed by atoms with Gasteiger partial charge in [-0.2, -0.15) is 4.31 Å². The quantitative estimate of drug-likeness (QED) is 0.688. The van der Waals surface area contributed by atoms with Gasteiger partial charge in [-0.15, -0.1) is 0 Å². The molecule has 10 heteroatoms. The van der Waals surface area contributed by atoms with Crippen LogP contribution in [-0.4, -0.2) is 57.4 Å². The highest BCUT2D eigenvalue weighted by Gasteiger charge is 2.29. The number of hydrogen-bond donors (Lipinski definition) is 2. The maximum absolute atomic E-state index is 14.2. The molecule has 0 radical (unpaired) electrons. The summed E-state index contributed by atoms with van der Waals surface area (Å²) in [6.07, 6.45) is -0.0263. The molecule has 0 unspecified atom stereocenters. The average Bonchev–Trinajstić information content (AvgIpc) is 2.76. The maximum atomic E-state index is 14.2. The van der Waals surface area contributed by atoms with Gasteiger partial charge in [0.05, 0.1) is 13.2 Å². The number of benzene rings is 2. The number of carbonyl (C=O) groups is 2. The summed E-state index contributed by atoms with van der Waals surface area (Å²) in [6, 6.07) is 12.0. The Labute approximate surface area is 174 Å². The number of ether oxygens (including phenoxy) is 1. The molecular formula is C20H22FN3O5S. The lowest BCUT2D eigenvalue weighted by molar-refractivity contribution is -0.116. The van der Waals surface area contributed by atoms with E-state index in [9.17, 15) is 22.4 Å². The van der Waals surface area contributed by atoms with Crippen molar-refractivity contribution in [2.75, 3.05) is 38.2 Å². The molecule has 2 amide bonds. The molecule has 2 aromatic rings. The minimum Gasteiger partial charge on any atom is -0.379 e. The van der Waals surface area contributed by atoms with Crippen molar-refractivity contribution in [3.8, 4) is 0 Å². The number of rotatable bonds is 7. The first kappa shape index (κ1) is 21.9. The van der Waals surface area contributed by atoms with Gasteiger partial charge < -0.3 is 15.4 Å². The lowest BCUT2D eigenvalue weighted by Gasteiger charge is -2.26. The molecule has 1 aliphatic heterocycles. The molecule has 160 valence electrons. The predicted molar refractivity (Wildman–Crippen MR) is 108 cm³/mol. The molecule has 0 aliphatic carbocycles. The zero-order valence-corrected chi connectivity index (χ0v) is 17.0. The second-order valence-corrected chi connectivity index (χ2v) is 8.49. The second-order valence-electron chi connectivity index (χ2n) is 6.58. The van der Waals surface area contributed by atoms with E-state index in [0.717, 1.165) is 16.4 Å². The second kappa shape index (κ2) is 9.79. The van der Waals surface area contributed by atoms with Crippen LogP contribution in [0.25, 0.3) is 0 Å². The molecule has 0 bridgehead atoms. The van der Waals surface area contributed by atoms with Crippen LogP contribution in [0.1, 0.15) is 16.8 Å². The van der Waals surface area contributed by atoms with Crippen molar-refractivity contribution in [2.45, 2.75) is 11.3 Å². The normalized spacial score (nSPS) is 14.8. The first-order valence-corrected chi connectivity index (χ1v) is 10.8. The highest BCUT2D eigenvalue weighted by atomic mass is 32.2. The van der Waals surface area contributed by atoms with E-state index in [1.807, 2.05) is 0 Å². The number of sulfonamides is 1. The molecule has 1 fully saturated rings. The van der Waals surface area contributed by atoms with Gasteiger partial charge in [-0.25, -0.2) is 12.8 Å². The Kier molecular flexibility index (Phi) is 7.14. The minimum atomic E-state index is -4.04. The van der Waals surface area contributed by atoms with Crippen LogP contribution in [0.4, 0.5) is 10.1 Å². The van der Waals surface area contributed by atoms with Crippen molar-refractivity contribution >= 4 is 27.5 Å². The van der Waals surface area contributed by atoms with E-state index in [-0.39, 0.29) is 50.9 Å². The highest BCUT2D eigenvalue weighted by Crippen LogP contribution is 2.24. The fourth-order valence-electron chi connectivity index (χ4n) is 2.91. The van der Waals surface area contributed by atoms with Gasteiger partial charge in [-0.3, -0.25) is 9.59 Å². The Hall–Kier alpha value is -2.82. The van der Waals surface area contributed by atoms with Crippen molar-refractivity contribution in [1.29, 1.82) is 0 Å². The molecule has 30 heavy (non-hydrogen) atoms. The molecule has 2 aromatic carbocycles. The van der Waals surface area contributed by atoms with E-state index >= 15 is 0 Å². The fourth-order valence-corrected chi connectivity index (χ4v) is 4.41. The monoisotopic (exact) mass is 435 g/mol. The lowest BCUT2D eigenvalue weighted by atomic mass is 10.2. The number of nitrogens with one attached hydrogen (secondary N) is 2. The zero-order valence-electron chi connectivity index (χ0n) is 16.1.